The number of anilines is 1. The van der Waals surface area contributed by atoms with E-state index in [1.807, 2.05) is 14.1 Å². The van der Waals surface area contributed by atoms with Gasteiger partial charge < -0.3 is 16.0 Å². The minimum atomic E-state index is -0.736. The molecule has 3 N–H and O–H groups in total. The number of nitrogens with zero attached hydrogens (tertiary/aromatic N) is 3. The summed E-state index contributed by atoms with van der Waals surface area (Å²) in [6.45, 7) is 4.27. The number of primary amides is 1. The Bertz CT molecular complexity index is 614. The van der Waals surface area contributed by atoms with Gasteiger partial charge in [0.05, 0.1) is 10.5 Å². The van der Waals surface area contributed by atoms with Gasteiger partial charge in [-0.3, -0.25) is 14.9 Å². The highest BCUT2D eigenvalue weighted by atomic mass is 16.6. The summed E-state index contributed by atoms with van der Waals surface area (Å²) in [7, 11) is 4.06. The molecule has 0 unspecified atom stereocenters. The standard InChI is InChI=1S/C14H21N5O3/c1-14(2)10(6-11(14)18(3)4)17-13-9(12(15)20)5-8(7-16-13)19(21)22/h5,7,10-11H,6H2,1-4H3,(H2,15,20)(H,16,17)/t10-,11+/m0/s1. The summed E-state index contributed by atoms with van der Waals surface area (Å²) in [6, 6.07) is 1.69. The summed E-state index contributed by atoms with van der Waals surface area (Å²) < 4.78 is 0. The average Bonchev–Trinajstić information content (AvgIpc) is 2.42. The summed E-state index contributed by atoms with van der Waals surface area (Å²) in [4.78, 5) is 27.9. The van der Waals surface area contributed by atoms with E-state index >= 15 is 0 Å². The molecule has 1 aromatic rings. The Kier molecular flexibility index (Phi) is 4.06. The predicted molar refractivity (Wildman–Crippen MR) is 82.7 cm³/mol. The van der Waals surface area contributed by atoms with E-state index in [1.165, 1.54) is 0 Å². The van der Waals surface area contributed by atoms with E-state index in [9.17, 15) is 14.9 Å². The van der Waals surface area contributed by atoms with Crippen molar-refractivity contribution in [3.63, 3.8) is 0 Å². The number of aromatic nitrogens is 1. The van der Waals surface area contributed by atoms with Crippen LogP contribution in [0.25, 0.3) is 0 Å². The second kappa shape index (κ2) is 5.53. The molecule has 2 rings (SSSR count). The lowest BCUT2D eigenvalue weighted by atomic mass is 9.62. The first-order valence-corrected chi connectivity index (χ1v) is 7.01. The molecule has 0 aliphatic heterocycles. The molecule has 1 amide bonds. The largest absolute Gasteiger partial charge is 0.366 e. The lowest BCUT2D eigenvalue weighted by molar-refractivity contribution is -0.385. The Hall–Kier alpha value is -2.22. The maximum Gasteiger partial charge on any atom is 0.288 e. The molecule has 0 saturated heterocycles. The molecule has 0 radical (unpaired) electrons. The van der Waals surface area contributed by atoms with Crippen molar-refractivity contribution in [3.8, 4) is 0 Å². The molecule has 8 heteroatoms. The van der Waals surface area contributed by atoms with Crippen molar-refractivity contribution < 1.29 is 9.72 Å². The Morgan fingerprint density at radius 3 is 2.64 bits per heavy atom. The smallest absolute Gasteiger partial charge is 0.288 e. The number of nitrogens with one attached hydrogen (secondary N) is 1. The van der Waals surface area contributed by atoms with Gasteiger partial charge in [0.1, 0.15) is 12.0 Å². The SMILES string of the molecule is CN(C)[C@@H]1C[C@H](Nc2ncc([N+](=O)[O-])cc2C(N)=O)C1(C)C. The van der Waals surface area contributed by atoms with Crippen LogP contribution in [-0.4, -0.2) is 46.9 Å². The van der Waals surface area contributed by atoms with Crippen LogP contribution in [0.5, 0.6) is 0 Å². The lowest BCUT2D eigenvalue weighted by Crippen LogP contribution is -2.62. The van der Waals surface area contributed by atoms with Crippen molar-refractivity contribution >= 4 is 17.4 Å². The van der Waals surface area contributed by atoms with E-state index in [4.69, 9.17) is 5.73 Å². The number of rotatable bonds is 5. The second-order valence-electron chi connectivity index (χ2n) is 6.44. The molecule has 1 fully saturated rings. The zero-order chi connectivity index (χ0) is 16.7. The fourth-order valence-corrected chi connectivity index (χ4v) is 3.05. The zero-order valence-electron chi connectivity index (χ0n) is 13.2. The van der Waals surface area contributed by atoms with Gasteiger partial charge in [0, 0.05) is 23.6 Å². The summed E-state index contributed by atoms with van der Waals surface area (Å²) in [5.41, 5.74) is 5.09. The van der Waals surface area contributed by atoms with Gasteiger partial charge in [-0.2, -0.15) is 0 Å². The molecule has 1 aliphatic carbocycles. The van der Waals surface area contributed by atoms with Gasteiger partial charge in [0.25, 0.3) is 11.6 Å². The highest BCUT2D eigenvalue weighted by Crippen LogP contribution is 2.44. The molecule has 2 atom stereocenters. The van der Waals surface area contributed by atoms with Gasteiger partial charge in [0.2, 0.25) is 0 Å². The van der Waals surface area contributed by atoms with Crippen molar-refractivity contribution in [1.29, 1.82) is 0 Å². The van der Waals surface area contributed by atoms with Crippen LogP contribution in [0.15, 0.2) is 12.3 Å². The van der Waals surface area contributed by atoms with Crippen molar-refractivity contribution in [2.45, 2.75) is 32.4 Å². The van der Waals surface area contributed by atoms with Crippen molar-refractivity contribution in [2.24, 2.45) is 11.1 Å². The highest BCUT2D eigenvalue weighted by Gasteiger charge is 2.49. The topological polar surface area (TPSA) is 114 Å². The van der Waals surface area contributed by atoms with Crippen LogP contribution in [0.3, 0.4) is 0 Å². The van der Waals surface area contributed by atoms with E-state index in [-0.39, 0.29) is 22.7 Å². The Balaban J connectivity index is 2.24. The van der Waals surface area contributed by atoms with Crippen LogP contribution >= 0.6 is 0 Å². The maximum absolute atomic E-state index is 11.5. The fraction of sp³-hybridized carbons (Fsp3) is 0.571. The van der Waals surface area contributed by atoms with Crippen molar-refractivity contribution in [3.05, 3.63) is 27.9 Å². The molecule has 1 aliphatic rings. The number of hydrogen-bond donors (Lipinski definition) is 2. The normalized spacial score (nSPS) is 23.0. The quantitative estimate of drug-likeness (QED) is 0.624. The molecular weight excluding hydrogens is 286 g/mol. The van der Waals surface area contributed by atoms with E-state index in [0.29, 0.717) is 11.9 Å². The number of carbonyl (C=O) groups excluding carboxylic acids is 1. The minimum Gasteiger partial charge on any atom is -0.366 e. The highest BCUT2D eigenvalue weighted by molar-refractivity contribution is 5.98. The molecule has 22 heavy (non-hydrogen) atoms. The molecule has 1 aromatic heterocycles. The van der Waals surface area contributed by atoms with Crippen LogP contribution in [0.1, 0.15) is 30.6 Å². The number of nitrogens with two attached hydrogens (primary N) is 1. The third-order valence-corrected chi connectivity index (χ3v) is 4.50. The van der Waals surface area contributed by atoms with Crippen LogP contribution in [0.2, 0.25) is 0 Å². The molecular formula is C14H21N5O3. The van der Waals surface area contributed by atoms with Gasteiger partial charge in [-0.15, -0.1) is 0 Å². The molecule has 1 heterocycles. The van der Waals surface area contributed by atoms with E-state index in [1.54, 1.807) is 0 Å². The van der Waals surface area contributed by atoms with Gasteiger partial charge in [-0.05, 0) is 20.5 Å². The minimum absolute atomic E-state index is 0.0120. The van der Waals surface area contributed by atoms with Crippen LogP contribution in [0, 0.1) is 15.5 Å². The molecule has 1 saturated carbocycles. The number of carbonyl (C=O) groups is 1. The second-order valence-corrected chi connectivity index (χ2v) is 6.44. The Morgan fingerprint density at radius 1 is 1.55 bits per heavy atom. The van der Waals surface area contributed by atoms with Gasteiger partial charge >= 0.3 is 0 Å². The summed E-state index contributed by atoms with van der Waals surface area (Å²) in [5.74, 6) is -0.437. The molecule has 0 bridgehead atoms. The average molecular weight is 307 g/mol. The van der Waals surface area contributed by atoms with E-state index in [2.05, 4.69) is 29.0 Å². The Labute approximate surface area is 128 Å². The van der Waals surface area contributed by atoms with Crippen LogP contribution in [0.4, 0.5) is 11.5 Å². The van der Waals surface area contributed by atoms with Gasteiger partial charge in [-0.1, -0.05) is 13.8 Å². The van der Waals surface area contributed by atoms with Gasteiger partial charge in [0.15, 0.2) is 0 Å². The summed E-state index contributed by atoms with van der Waals surface area (Å²) >= 11 is 0. The lowest BCUT2D eigenvalue weighted by Gasteiger charge is -2.55. The number of hydrogen-bond acceptors (Lipinski definition) is 6. The van der Waals surface area contributed by atoms with Crippen molar-refractivity contribution in [2.75, 3.05) is 19.4 Å². The molecule has 8 nitrogen and oxygen atoms in total. The van der Waals surface area contributed by atoms with Gasteiger partial charge in [-0.25, -0.2) is 4.98 Å². The monoisotopic (exact) mass is 307 g/mol. The number of nitro groups is 1. The predicted octanol–water partition coefficient (Wildman–Crippen LogP) is 1.23. The first-order chi connectivity index (χ1) is 10.1. The summed E-state index contributed by atoms with van der Waals surface area (Å²) in [6.07, 6.45) is 2.03. The van der Waals surface area contributed by atoms with E-state index < -0.39 is 10.8 Å². The third kappa shape index (κ3) is 2.74. The summed E-state index contributed by atoms with van der Waals surface area (Å²) in [5, 5.41) is 14.0. The molecule has 120 valence electrons. The Morgan fingerprint density at radius 2 is 2.18 bits per heavy atom. The number of pyridine rings is 1. The van der Waals surface area contributed by atoms with Crippen molar-refractivity contribution in [1.82, 2.24) is 9.88 Å². The van der Waals surface area contributed by atoms with Crippen LogP contribution < -0.4 is 11.1 Å². The first-order valence-electron chi connectivity index (χ1n) is 7.01. The zero-order valence-corrected chi connectivity index (χ0v) is 13.2. The maximum atomic E-state index is 11.5. The van der Waals surface area contributed by atoms with Crippen LogP contribution in [-0.2, 0) is 0 Å². The fourth-order valence-electron chi connectivity index (χ4n) is 3.05. The number of amides is 1. The first kappa shape index (κ1) is 16.2. The molecule has 0 spiro atoms. The van der Waals surface area contributed by atoms with E-state index in [0.717, 1.165) is 18.7 Å². The third-order valence-electron chi connectivity index (χ3n) is 4.50. The molecule has 0 aromatic carbocycles.